The highest BCUT2D eigenvalue weighted by Crippen LogP contribution is 2.33. The molecule has 1 amide bonds. The van der Waals surface area contributed by atoms with Crippen molar-refractivity contribution >= 4 is 5.91 Å². The number of nitrogens with zero attached hydrogens (tertiary/aromatic N) is 1. The number of carbonyl (C=O) groups excluding carboxylic acids is 1. The van der Waals surface area contributed by atoms with E-state index in [0.717, 1.165) is 45.4 Å². The summed E-state index contributed by atoms with van der Waals surface area (Å²) in [5, 5.41) is 3.54. The van der Waals surface area contributed by atoms with Crippen LogP contribution in [0.4, 0.5) is 0 Å². The topological polar surface area (TPSA) is 41.6 Å². The van der Waals surface area contributed by atoms with Gasteiger partial charge in [-0.3, -0.25) is 10.1 Å². The van der Waals surface area contributed by atoms with E-state index in [2.05, 4.69) is 37.9 Å². The molecule has 0 aromatic rings. The molecule has 2 rings (SSSR count). The molecule has 0 spiro atoms. The fraction of sp³-hybridized carbons (Fsp3) is 0.938. The lowest BCUT2D eigenvalue weighted by atomic mass is 9.81. The Bertz CT molecular complexity index is 339. The lowest BCUT2D eigenvalue weighted by Crippen LogP contribution is -2.45. The quantitative estimate of drug-likeness (QED) is 0.842. The largest absolute Gasteiger partial charge is 0.381 e. The summed E-state index contributed by atoms with van der Waals surface area (Å²) in [5.74, 6) is 0.711. The molecule has 2 heterocycles. The van der Waals surface area contributed by atoms with Gasteiger partial charge < -0.3 is 9.64 Å². The molecule has 4 nitrogen and oxygen atoms in total. The van der Waals surface area contributed by atoms with E-state index in [1.807, 2.05) is 0 Å². The summed E-state index contributed by atoms with van der Waals surface area (Å²) in [6.07, 6.45) is 4.34. The summed E-state index contributed by atoms with van der Waals surface area (Å²) < 4.78 is 5.47. The van der Waals surface area contributed by atoms with Gasteiger partial charge in [0.1, 0.15) is 0 Å². The first-order valence-corrected chi connectivity index (χ1v) is 8.15. The average molecular weight is 282 g/mol. The zero-order chi connectivity index (χ0) is 14.8. The fourth-order valence-corrected chi connectivity index (χ4v) is 3.30. The number of hydrogen-bond acceptors (Lipinski definition) is 3. The molecule has 1 N–H and O–H groups in total. The minimum atomic E-state index is 0.00777. The molecule has 2 saturated heterocycles. The third kappa shape index (κ3) is 3.17. The van der Waals surface area contributed by atoms with Crippen molar-refractivity contribution in [1.82, 2.24) is 10.2 Å². The molecule has 0 aromatic heterocycles. The van der Waals surface area contributed by atoms with Crippen LogP contribution in [0.5, 0.6) is 0 Å². The molecule has 3 unspecified atom stereocenters. The van der Waals surface area contributed by atoms with E-state index in [1.165, 1.54) is 0 Å². The van der Waals surface area contributed by atoms with Crippen molar-refractivity contribution in [3.8, 4) is 0 Å². The Balaban J connectivity index is 2.06. The van der Waals surface area contributed by atoms with Gasteiger partial charge in [-0.15, -0.1) is 0 Å². The van der Waals surface area contributed by atoms with Crippen LogP contribution >= 0.6 is 0 Å². The summed E-state index contributed by atoms with van der Waals surface area (Å²) in [6, 6.07) is 0.00777. The monoisotopic (exact) mass is 282 g/mol. The second-order valence-corrected chi connectivity index (χ2v) is 6.84. The molecular weight excluding hydrogens is 252 g/mol. The second-order valence-electron chi connectivity index (χ2n) is 6.84. The van der Waals surface area contributed by atoms with E-state index < -0.39 is 0 Å². The highest BCUT2D eigenvalue weighted by molar-refractivity contribution is 5.84. The lowest BCUT2D eigenvalue weighted by molar-refractivity contribution is -0.133. The van der Waals surface area contributed by atoms with Gasteiger partial charge in [0.15, 0.2) is 0 Å². The lowest BCUT2D eigenvalue weighted by Gasteiger charge is -2.38. The number of nitrogens with one attached hydrogen (secondary N) is 1. The molecule has 0 aliphatic carbocycles. The molecule has 2 fully saturated rings. The van der Waals surface area contributed by atoms with Gasteiger partial charge in [0, 0.05) is 19.8 Å². The summed E-state index contributed by atoms with van der Waals surface area (Å²) in [4.78, 5) is 14.8. The van der Waals surface area contributed by atoms with E-state index in [4.69, 9.17) is 4.74 Å². The number of amides is 1. The molecule has 0 bridgehead atoms. The van der Waals surface area contributed by atoms with Crippen LogP contribution in [0.2, 0.25) is 0 Å². The van der Waals surface area contributed by atoms with E-state index in [1.54, 1.807) is 0 Å². The Morgan fingerprint density at radius 3 is 2.60 bits per heavy atom. The van der Waals surface area contributed by atoms with Gasteiger partial charge in [-0.25, -0.2) is 0 Å². The minimum absolute atomic E-state index is 0.00777. The smallest absolute Gasteiger partial charge is 0.241 e. The summed E-state index contributed by atoms with van der Waals surface area (Å²) in [6.45, 7) is 11.3. The maximum absolute atomic E-state index is 12.7. The first-order chi connectivity index (χ1) is 9.50. The zero-order valence-electron chi connectivity index (χ0n) is 13.4. The van der Waals surface area contributed by atoms with Crippen LogP contribution in [0.1, 0.15) is 53.4 Å². The van der Waals surface area contributed by atoms with Crippen LogP contribution in [0, 0.1) is 11.3 Å². The molecule has 2 aliphatic rings. The Hall–Kier alpha value is -0.610. The third-order valence-corrected chi connectivity index (χ3v) is 5.15. The van der Waals surface area contributed by atoms with Crippen LogP contribution < -0.4 is 5.32 Å². The van der Waals surface area contributed by atoms with Gasteiger partial charge in [0.2, 0.25) is 5.91 Å². The van der Waals surface area contributed by atoms with Gasteiger partial charge >= 0.3 is 0 Å². The van der Waals surface area contributed by atoms with Gasteiger partial charge in [0.25, 0.3) is 0 Å². The van der Waals surface area contributed by atoms with Gasteiger partial charge in [-0.2, -0.15) is 0 Å². The predicted molar refractivity (Wildman–Crippen MR) is 80.3 cm³/mol. The minimum Gasteiger partial charge on any atom is -0.381 e. The highest BCUT2D eigenvalue weighted by atomic mass is 16.5. The number of rotatable bonds is 5. The fourth-order valence-electron chi connectivity index (χ4n) is 3.30. The van der Waals surface area contributed by atoms with Crippen LogP contribution in [-0.4, -0.2) is 42.8 Å². The SMILES string of the molecule is CCC(C)C1NC(CC)N(CC2(C)CCOCC2)C1=O. The van der Waals surface area contributed by atoms with Crippen LogP contribution in [-0.2, 0) is 9.53 Å². The van der Waals surface area contributed by atoms with Crippen LogP contribution in [0.25, 0.3) is 0 Å². The van der Waals surface area contributed by atoms with Crippen molar-refractivity contribution in [2.45, 2.75) is 65.6 Å². The Kier molecular flexibility index (Phi) is 5.08. The first kappa shape index (κ1) is 15.8. The number of hydrogen-bond donors (Lipinski definition) is 1. The Morgan fingerprint density at radius 1 is 1.40 bits per heavy atom. The summed E-state index contributed by atoms with van der Waals surface area (Å²) >= 11 is 0. The number of ether oxygens (including phenoxy) is 1. The molecular formula is C16H30N2O2. The zero-order valence-corrected chi connectivity index (χ0v) is 13.4. The first-order valence-electron chi connectivity index (χ1n) is 8.15. The second kappa shape index (κ2) is 6.44. The van der Waals surface area contributed by atoms with Gasteiger partial charge in [-0.1, -0.05) is 34.1 Å². The standard InChI is InChI=1S/C16H30N2O2/c1-5-12(3)14-15(19)18(13(6-2)17-14)11-16(4)7-9-20-10-8-16/h12-14,17H,5-11H2,1-4H3. The third-order valence-electron chi connectivity index (χ3n) is 5.15. The maximum Gasteiger partial charge on any atom is 0.241 e. The molecule has 0 radical (unpaired) electrons. The Labute approximate surface area is 123 Å². The van der Waals surface area contributed by atoms with Crippen LogP contribution in [0.15, 0.2) is 0 Å². The predicted octanol–water partition coefficient (Wildman–Crippen LogP) is 2.39. The van der Waals surface area contributed by atoms with Gasteiger partial charge in [0.05, 0.1) is 12.2 Å². The maximum atomic E-state index is 12.7. The van der Waals surface area contributed by atoms with Crippen molar-refractivity contribution in [2.75, 3.05) is 19.8 Å². The number of carbonyl (C=O) groups is 1. The molecule has 20 heavy (non-hydrogen) atoms. The average Bonchev–Trinajstić information content (AvgIpc) is 2.75. The van der Waals surface area contributed by atoms with E-state index in [-0.39, 0.29) is 17.6 Å². The Morgan fingerprint density at radius 2 is 2.05 bits per heavy atom. The molecule has 0 aromatic carbocycles. The summed E-state index contributed by atoms with van der Waals surface area (Å²) in [5.41, 5.74) is 0.216. The van der Waals surface area contributed by atoms with Crippen molar-refractivity contribution in [1.29, 1.82) is 0 Å². The summed E-state index contributed by atoms with van der Waals surface area (Å²) in [7, 11) is 0. The highest BCUT2D eigenvalue weighted by Gasteiger charge is 2.43. The molecule has 0 saturated carbocycles. The van der Waals surface area contributed by atoms with Crippen molar-refractivity contribution < 1.29 is 9.53 Å². The molecule has 2 aliphatic heterocycles. The molecule has 116 valence electrons. The van der Waals surface area contributed by atoms with E-state index in [0.29, 0.717) is 11.8 Å². The van der Waals surface area contributed by atoms with E-state index >= 15 is 0 Å². The molecule has 3 atom stereocenters. The van der Waals surface area contributed by atoms with Gasteiger partial charge in [-0.05, 0) is 30.6 Å². The normalized spacial score (nSPS) is 31.6. The van der Waals surface area contributed by atoms with Crippen molar-refractivity contribution in [3.05, 3.63) is 0 Å². The van der Waals surface area contributed by atoms with Crippen molar-refractivity contribution in [2.24, 2.45) is 11.3 Å². The van der Waals surface area contributed by atoms with Crippen LogP contribution in [0.3, 0.4) is 0 Å². The van der Waals surface area contributed by atoms with E-state index in [9.17, 15) is 4.79 Å². The van der Waals surface area contributed by atoms with Crippen molar-refractivity contribution in [3.63, 3.8) is 0 Å². The molecule has 4 heteroatoms.